The van der Waals surface area contributed by atoms with Crippen molar-refractivity contribution < 1.29 is 4.79 Å². The summed E-state index contributed by atoms with van der Waals surface area (Å²) in [7, 11) is 0. The number of piperidine rings is 1. The highest BCUT2D eigenvalue weighted by molar-refractivity contribution is 7.80. The van der Waals surface area contributed by atoms with E-state index >= 15 is 0 Å². The van der Waals surface area contributed by atoms with E-state index < -0.39 is 0 Å². The lowest BCUT2D eigenvalue weighted by molar-refractivity contribution is 0.0520. The van der Waals surface area contributed by atoms with Gasteiger partial charge < -0.3 is 4.90 Å². The van der Waals surface area contributed by atoms with Gasteiger partial charge in [-0.2, -0.15) is 0 Å². The van der Waals surface area contributed by atoms with Gasteiger partial charge in [0.2, 0.25) is 0 Å². The van der Waals surface area contributed by atoms with Crippen molar-refractivity contribution in [2.45, 2.75) is 37.0 Å². The molecule has 19 heavy (non-hydrogen) atoms. The Kier molecular flexibility index (Phi) is 3.83. The Morgan fingerprint density at radius 1 is 1.16 bits per heavy atom. The van der Waals surface area contributed by atoms with Crippen LogP contribution >= 0.6 is 12.6 Å². The molecule has 2 atom stereocenters. The van der Waals surface area contributed by atoms with Gasteiger partial charge in [-0.1, -0.05) is 25.3 Å². The summed E-state index contributed by atoms with van der Waals surface area (Å²) in [4.78, 5) is 15.4. The number of carbonyl (C=O) groups is 1. The van der Waals surface area contributed by atoms with Crippen molar-refractivity contribution in [2.24, 2.45) is 11.8 Å². The Hall–Kier alpha value is -0.960. The molecule has 1 aliphatic carbocycles. The van der Waals surface area contributed by atoms with Crippen LogP contribution in [0, 0.1) is 11.8 Å². The third-order valence-electron chi connectivity index (χ3n) is 4.67. The maximum absolute atomic E-state index is 12.5. The number of nitrogens with zero attached hydrogens (tertiary/aromatic N) is 1. The fraction of sp³-hybridized carbons (Fsp3) is 0.562. The lowest BCUT2D eigenvalue weighted by Gasteiger charge is -2.41. The topological polar surface area (TPSA) is 20.3 Å². The molecule has 3 heteroatoms. The molecule has 1 saturated carbocycles. The Balaban J connectivity index is 1.71. The van der Waals surface area contributed by atoms with Crippen molar-refractivity contribution in [2.75, 3.05) is 13.1 Å². The van der Waals surface area contributed by atoms with Crippen LogP contribution in [-0.4, -0.2) is 23.9 Å². The highest BCUT2D eigenvalue weighted by Gasteiger charge is 2.33. The molecule has 1 heterocycles. The smallest absolute Gasteiger partial charge is 0.253 e. The number of rotatable bonds is 1. The van der Waals surface area contributed by atoms with E-state index in [2.05, 4.69) is 17.5 Å². The lowest BCUT2D eigenvalue weighted by Crippen LogP contribution is -2.44. The Morgan fingerprint density at radius 3 is 2.74 bits per heavy atom. The summed E-state index contributed by atoms with van der Waals surface area (Å²) in [5.41, 5.74) is 0.779. The summed E-state index contributed by atoms with van der Waals surface area (Å²) in [6.45, 7) is 1.89. The largest absolute Gasteiger partial charge is 0.338 e. The van der Waals surface area contributed by atoms with Crippen molar-refractivity contribution in [3.63, 3.8) is 0 Å². The summed E-state index contributed by atoms with van der Waals surface area (Å²) < 4.78 is 0. The molecular weight excluding hydrogens is 254 g/mol. The van der Waals surface area contributed by atoms with Gasteiger partial charge in [0.1, 0.15) is 0 Å². The van der Waals surface area contributed by atoms with Crippen molar-refractivity contribution in [1.82, 2.24) is 4.90 Å². The van der Waals surface area contributed by atoms with E-state index in [9.17, 15) is 4.79 Å². The summed E-state index contributed by atoms with van der Waals surface area (Å²) >= 11 is 4.32. The van der Waals surface area contributed by atoms with Crippen molar-refractivity contribution >= 4 is 18.5 Å². The zero-order valence-electron chi connectivity index (χ0n) is 11.2. The van der Waals surface area contributed by atoms with Crippen LogP contribution in [0.1, 0.15) is 42.5 Å². The molecule has 2 fully saturated rings. The molecule has 1 amide bonds. The van der Waals surface area contributed by atoms with E-state index in [1.54, 1.807) is 0 Å². The van der Waals surface area contributed by atoms with Gasteiger partial charge in [0.05, 0.1) is 0 Å². The molecule has 0 bridgehead atoms. The van der Waals surface area contributed by atoms with Crippen LogP contribution in [0.3, 0.4) is 0 Å². The van der Waals surface area contributed by atoms with E-state index in [1.165, 1.54) is 32.1 Å². The normalized spacial score (nSPS) is 26.9. The van der Waals surface area contributed by atoms with Gasteiger partial charge in [-0.3, -0.25) is 4.79 Å². The minimum absolute atomic E-state index is 0.180. The standard InChI is InChI=1S/C16H21NOS/c18-16(13-6-3-7-15(19)10-13)17-9-8-12-4-1-2-5-14(12)11-17/h3,6-7,10,12,14,19H,1-2,4-5,8-9,11H2. The molecule has 0 N–H and O–H groups in total. The molecule has 3 rings (SSSR count). The van der Waals surface area contributed by atoms with Gasteiger partial charge in [0.15, 0.2) is 0 Å². The van der Waals surface area contributed by atoms with Crippen LogP contribution in [0.15, 0.2) is 29.2 Å². The number of thiol groups is 1. The lowest BCUT2D eigenvalue weighted by atomic mass is 9.75. The Morgan fingerprint density at radius 2 is 1.95 bits per heavy atom. The number of amides is 1. The van der Waals surface area contributed by atoms with Crippen LogP contribution in [0.2, 0.25) is 0 Å². The molecule has 1 aliphatic heterocycles. The third kappa shape index (κ3) is 2.81. The summed E-state index contributed by atoms with van der Waals surface area (Å²) in [5.74, 6) is 1.79. The average Bonchev–Trinajstić information content (AvgIpc) is 2.46. The van der Waals surface area contributed by atoms with Crippen LogP contribution in [-0.2, 0) is 0 Å². The first-order chi connectivity index (χ1) is 9.24. The molecular formula is C16H21NOS. The van der Waals surface area contributed by atoms with E-state index in [0.717, 1.165) is 35.4 Å². The summed E-state index contributed by atoms with van der Waals surface area (Å²) in [6, 6.07) is 7.59. The van der Waals surface area contributed by atoms with Gasteiger partial charge in [-0.05, 0) is 42.9 Å². The number of fused-ring (bicyclic) bond motifs is 1. The number of hydrogen-bond donors (Lipinski definition) is 1. The van der Waals surface area contributed by atoms with Gasteiger partial charge in [-0.25, -0.2) is 0 Å². The molecule has 102 valence electrons. The fourth-order valence-corrected chi connectivity index (χ4v) is 3.83. The highest BCUT2D eigenvalue weighted by Crippen LogP contribution is 2.36. The number of hydrogen-bond acceptors (Lipinski definition) is 2. The van der Waals surface area contributed by atoms with E-state index in [-0.39, 0.29) is 5.91 Å². The maximum Gasteiger partial charge on any atom is 0.253 e. The first-order valence-corrected chi connectivity index (χ1v) is 7.77. The average molecular weight is 275 g/mol. The molecule has 2 nitrogen and oxygen atoms in total. The van der Waals surface area contributed by atoms with Crippen LogP contribution in [0.5, 0.6) is 0 Å². The van der Waals surface area contributed by atoms with E-state index in [4.69, 9.17) is 0 Å². The predicted molar refractivity (Wildman–Crippen MR) is 79.7 cm³/mol. The number of benzene rings is 1. The molecule has 1 saturated heterocycles. The van der Waals surface area contributed by atoms with Gasteiger partial charge in [0.25, 0.3) is 5.91 Å². The van der Waals surface area contributed by atoms with E-state index in [1.807, 2.05) is 24.3 Å². The maximum atomic E-state index is 12.5. The molecule has 0 aromatic heterocycles. The third-order valence-corrected chi connectivity index (χ3v) is 4.95. The molecule has 1 aromatic rings. The highest BCUT2D eigenvalue weighted by atomic mass is 32.1. The second-order valence-electron chi connectivity index (χ2n) is 5.89. The second-order valence-corrected chi connectivity index (χ2v) is 6.41. The van der Waals surface area contributed by atoms with Gasteiger partial charge >= 0.3 is 0 Å². The first-order valence-electron chi connectivity index (χ1n) is 7.32. The number of carbonyl (C=O) groups excluding carboxylic acids is 1. The van der Waals surface area contributed by atoms with Crippen LogP contribution < -0.4 is 0 Å². The monoisotopic (exact) mass is 275 g/mol. The van der Waals surface area contributed by atoms with Crippen LogP contribution in [0.25, 0.3) is 0 Å². The van der Waals surface area contributed by atoms with Crippen molar-refractivity contribution in [3.8, 4) is 0 Å². The van der Waals surface area contributed by atoms with E-state index in [0.29, 0.717) is 0 Å². The molecule has 2 unspecified atom stereocenters. The second kappa shape index (κ2) is 5.58. The SMILES string of the molecule is O=C(c1cccc(S)c1)N1CCC2CCCCC2C1. The minimum Gasteiger partial charge on any atom is -0.338 e. The first kappa shape index (κ1) is 13.0. The number of likely N-dealkylation sites (tertiary alicyclic amines) is 1. The molecule has 0 spiro atoms. The zero-order valence-corrected chi connectivity index (χ0v) is 12.1. The quantitative estimate of drug-likeness (QED) is 0.776. The van der Waals surface area contributed by atoms with Crippen molar-refractivity contribution in [3.05, 3.63) is 29.8 Å². The predicted octanol–water partition coefficient (Wildman–Crippen LogP) is 3.63. The fourth-order valence-electron chi connectivity index (χ4n) is 3.61. The minimum atomic E-state index is 0.180. The molecule has 0 radical (unpaired) electrons. The zero-order chi connectivity index (χ0) is 13.2. The van der Waals surface area contributed by atoms with Crippen molar-refractivity contribution in [1.29, 1.82) is 0 Å². The van der Waals surface area contributed by atoms with Gasteiger partial charge in [-0.15, -0.1) is 12.6 Å². The summed E-state index contributed by atoms with van der Waals surface area (Å²) in [5, 5.41) is 0. The summed E-state index contributed by atoms with van der Waals surface area (Å²) in [6.07, 6.45) is 6.60. The Bertz CT molecular complexity index is 474. The van der Waals surface area contributed by atoms with Gasteiger partial charge in [0, 0.05) is 23.5 Å². The Labute approximate surface area is 120 Å². The molecule has 2 aliphatic rings. The molecule has 1 aromatic carbocycles. The van der Waals surface area contributed by atoms with Crippen LogP contribution in [0.4, 0.5) is 0 Å².